The van der Waals surface area contributed by atoms with Crippen molar-refractivity contribution < 1.29 is 55.2 Å². The van der Waals surface area contributed by atoms with Gasteiger partial charge in [-0.1, -0.05) is 39.8 Å². The standard InChI is InChI=1S/C37H38F6O6/c1-19(2)26-16-35(18-44)33(4)15-14-25-28(27(33)17-47-34(35,5)20(26)3)30(49-32(25)46)29(21-6-10-23(11-7-21)36(38,39)40)48-31(45)22-8-12-24(13-9-22)37(41,42)43/h6-13,19-20,26-27,44H,14-18H2,1-5H3/b30-29+. The lowest BCUT2D eigenvalue weighted by Gasteiger charge is -2.63. The molecule has 12 heteroatoms. The van der Waals surface area contributed by atoms with Crippen molar-refractivity contribution in [2.24, 2.45) is 34.5 Å². The Bertz CT molecular complexity index is 1720. The van der Waals surface area contributed by atoms with Crippen LogP contribution in [0.25, 0.3) is 5.76 Å². The first-order chi connectivity index (χ1) is 22.8. The summed E-state index contributed by atoms with van der Waals surface area (Å²) >= 11 is 0. The number of carbonyl (C=O) groups excluding carboxylic acids is 2. The number of alkyl halides is 6. The predicted octanol–water partition coefficient (Wildman–Crippen LogP) is 8.60. The van der Waals surface area contributed by atoms with Gasteiger partial charge < -0.3 is 19.3 Å². The average Bonchev–Trinajstić information content (AvgIpc) is 3.50. The molecule has 6 atom stereocenters. The zero-order valence-electron chi connectivity index (χ0n) is 27.7. The van der Waals surface area contributed by atoms with Gasteiger partial charge in [-0.05, 0) is 85.8 Å². The molecular weight excluding hydrogens is 654 g/mol. The van der Waals surface area contributed by atoms with Gasteiger partial charge in [0.1, 0.15) is 0 Å². The van der Waals surface area contributed by atoms with Gasteiger partial charge in [0.15, 0.2) is 11.5 Å². The number of esters is 2. The number of rotatable bonds is 5. The Morgan fingerprint density at radius 1 is 0.959 bits per heavy atom. The fourth-order valence-corrected chi connectivity index (χ4v) is 9.11. The number of hydrogen-bond acceptors (Lipinski definition) is 6. The van der Waals surface area contributed by atoms with Crippen molar-refractivity contribution in [1.29, 1.82) is 0 Å². The van der Waals surface area contributed by atoms with Crippen molar-refractivity contribution in [2.75, 3.05) is 13.2 Å². The van der Waals surface area contributed by atoms with Crippen LogP contribution in [-0.2, 0) is 31.4 Å². The van der Waals surface area contributed by atoms with Gasteiger partial charge in [-0.15, -0.1) is 0 Å². The second-order valence-corrected chi connectivity index (χ2v) is 14.5. The number of aliphatic hydroxyl groups excluding tert-OH is 1. The van der Waals surface area contributed by atoms with E-state index in [0.717, 1.165) is 36.4 Å². The first kappa shape index (κ1) is 35.2. The highest BCUT2D eigenvalue weighted by Gasteiger charge is 2.73. The van der Waals surface area contributed by atoms with E-state index in [1.165, 1.54) is 0 Å². The summed E-state index contributed by atoms with van der Waals surface area (Å²) in [7, 11) is 0. The highest BCUT2D eigenvalue weighted by atomic mass is 19.4. The molecule has 0 spiro atoms. The normalized spacial score (nSPS) is 32.4. The molecule has 264 valence electrons. The Labute approximate surface area is 280 Å². The fourth-order valence-electron chi connectivity index (χ4n) is 9.11. The van der Waals surface area contributed by atoms with E-state index in [1.807, 2.05) is 6.92 Å². The number of benzene rings is 2. The Morgan fingerprint density at radius 2 is 1.51 bits per heavy atom. The van der Waals surface area contributed by atoms with Gasteiger partial charge in [-0.2, -0.15) is 26.3 Å². The van der Waals surface area contributed by atoms with Gasteiger partial charge in [-0.25, -0.2) is 9.59 Å². The molecule has 2 aromatic rings. The van der Waals surface area contributed by atoms with Gasteiger partial charge in [0.25, 0.3) is 0 Å². The smallest absolute Gasteiger partial charge is 0.416 e. The zero-order valence-corrected chi connectivity index (χ0v) is 27.7. The zero-order chi connectivity index (χ0) is 35.9. The van der Waals surface area contributed by atoms with Crippen LogP contribution in [-0.4, -0.2) is 35.9 Å². The van der Waals surface area contributed by atoms with Gasteiger partial charge in [-0.3, -0.25) is 0 Å². The SMILES string of the molecule is CC(C)C1CC2(CO)C3(C)CCC4=C(/C(=C(\OC(=O)c5ccc(C(F)(F)F)cc5)c5ccc(C(F)(F)F)cc5)OC4=O)C3COC2(C)C1C. The highest BCUT2D eigenvalue weighted by molar-refractivity contribution is 5.99. The molecule has 2 aliphatic heterocycles. The summed E-state index contributed by atoms with van der Waals surface area (Å²) in [6.07, 6.45) is -7.86. The molecule has 6 unspecified atom stereocenters. The Hall–Kier alpha value is -3.64. The number of carbonyl (C=O) groups is 2. The third kappa shape index (κ3) is 5.32. The summed E-state index contributed by atoms with van der Waals surface area (Å²) < 4.78 is 98.3. The summed E-state index contributed by atoms with van der Waals surface area (Å²) in [4.78, 5) is 26.9. The van der Waals surface area contributed by atoms with E-state index in [2.05, 4.69) is 27.7 Å². The molecule has 2 aromatic carbocycles. The van der Waals surface area contributed by atoms with Gasteiger partial charge in [0.2, 0.25) is 0 Å². The lowest BCUT2D eigenvalue weighted by Crippen LogP contribution is -2.65. The van der Waals surface area contributed by atoms with Gasteiger partial charge >= 0.3 is 24.3 Å². The molecule has 0 amide bonds. The van der Waals surface area contributed by atoms with E-state index < -0.39 is 57.8 Å². The number of ether oxygens (including phenoxy) is 3. The molecule has 1 N–H and O–H groups in total. The highest BCUT2D eigenvalue weighted by Crippen LogP contribution is 2.72. The summed E-state index contributed by atoms with van der Waals surface area (Å²) in [6.45, 7) is 10.5. The molecule has 2 heterocycles. The minimum absolute atomic E-state index is 0.0233. The van der Waals surface area contributed by atoms with Crippen LogP contribution in [0.3, 0.4) is 0 Å². The molecule has 6 nitrogen and oxygen atoms in total. The number of aliphatic hydroxyl groups is 1. The Kier molecular flexibility index (Phi) is 8.42. The van der Waals surface area contributed by atoms with Crippen LogP contribution in [0.15, 0.2) is 65.4 Å². The number of cyclic esters (lactones) is 1. The molecule has 2 aliphatic carbocycles. The van der Waals surface area contributed by atoms with Crippen LogP contribution in [0.5, 0.6) is 0 Å². The molecule has 1 saturated heterocycles. The lowest BCUT2D eigenvalue weighted by molar-refractivity contribution is -0.255. The molecular formula is C37H38F6O6. The quantitative estimate of drug-likeness (QED) is 0.192. The van der Waals surface area contributed by atoms with Crippen molar-refractivity contribution >= 4 is 17.7 Å². The first-order valence-electron chi connectivity index (χ1n) is 16.3. The lowest BCUT2D eigenvalue weighted by atomic mass is 9.46. The van der Waals surface area contributed by atoms with E-state index in [-0.39, 0.29) is 54.1 Å². The summed E-state index contributed by atoms with van der Waals surface area (Å²) in [5, 5.41) is 11.3. The van der Waals surface area contributed by atoms with Gasteiger partial charge in [0.05, 0.1) is 35.5 Å². The minimum atomic E-state index is -4.67. The molecule has 0 radical (unpaired) electrons. The van der Waals surface area contributed by atoms with Crippen LogP contribution in [0, 0.1) is 34.5 Å². The third-order valence-electron chi connectivity index (χ3n) is 12.2. The van der Waals surface area contributed by atoms with Crippen LogP contribution < -0.4 is 0 Å². The summed E-state index contributed by atoms with van der Waals surface area (Å²) in [5.74, 6) is -2.24. The third-order valence-corrected chi connectivity index (χ3v) is 12.2. The molecule has 0 bridgehead atoms. The van der Waals surface area contributed by atoms with Crippen molar-refractivity contribution in [2.45, 2.75) is 71.8 Å². The molecule has 4 aliphatic rings. The topological polar surface area (TPSA) is 82.1 Å². The maximum atomic E-state index is 13.5. The fraction of sp³-hybridized carbons (Fsp3) is 0.514. The second kappa shape index (κ2) is 11.7. The van der Waals surface area contributed by atoms with Crippen molar-refractivity contribution in [1.82, 2.24) is 0 Å². The summed E-state index contributed by atoms with van der Waals surface area (Å²) in [5.41, 5.74) is -3.63. The first-order valence-corrected chi connectivity index (χ1v) is 16.3. The van der Waals surface area contributed by atoms with Crippen molar-refractivity contribution in [3.8, 4) is 0 Å². The second-order valence-electron chi connectivity index (χ2n) is 14.5. The van der Waals surface area contributed by atoms with Crippen LogP contribution in [0.2, 0.25) is 0 Å². The average molecular weight is 693 g/mol. The molecule has 1 saturated carbocycles. The number of hydrogen-bond donors (Lipinski definition) is 1. The van der Waals surface area contributed by atoms with Gasteiger partial charge in [0, 0.05) is 28.0 Å². The summed E-state index contributed by atoms with van der Waals surface area (Å²) in [6, 6.07) is 7.02. The number of halogens is 6. The van der Waals surface area contributed by atoms with Crippen molar-refractivity contribution in [3.05, 3.63) is 87.7 Å². The minimum Gasteiger partial charge on any atom is -0.419 e. The van der Waals surface area contributed by atoms with E-state index in [9.17, 15) is 41.0 Å². The Balaban J connectivity index is 1.49. The molecule has 0 aromatic heterocycles. The van der Waals surface area contributed by atoms with Crippen LogP contribution >= 0.6 is 0 Å². The maximum absolute atomic E-state index is 13.5. The molecule has 2 fully saturated rings. The predicted molar refractivity (Wildman–Crippen MR) is 165 cm³/mol. The largest absolute Gasteiger partial charge is 0.419 e. The number of fused-ring (bicyclic) bond motifs is 4. The number of allylic oxidation sites excluding steroid dienone is 1. The van der Waals surface area contributed by atoms with E-state index >= 15 is 0 Å². The van der Waals surface area contributed by atoms with E-state index in [0.29, 0.717) is 42.0 Å². The van der Waals surface area contributed by atoms with E-state index in [1.54, 1.807) is 0 Å². The van der Waals surface area contributed by atoms with E-state index in [4.69, 9.17) is 14.2 Å². The molecule has 6 rings (SSSR count). The van der Waals surface area contributed by atoms with Crippen LogP contribution in [0.4, 0.5) is 26.3 Å². The monoisotopic (exact) mass is 692 g/mol. The van der Waals surface area contributed by atoms with Crippen molar-refractivity contribution in [3.63, 3.8) is 0 Å². The maximum Gasteiger partial charge on any atom is 0.416 e. The molecule has 49 heavy (non-hydrogen) atoms. The van der Waals surface area contributed by atoms with Crippen LogP contribution in [0.1, 0.15) is 80.9 Å². The Morgan fingerprint density at radius 3 is 2.02 bits per heavy atom.